The summed E-state index contributed by atoms with van der Waals surface area (Å²) in [6, 6.07) is 3.66. The molecule has 3 N–H and O–H groups in total. The Labute approximate surface area is 114 Å². The molecule has 0 bridgehead atoms. The molecule has 1 aliphatic carbocycles. The molecule has 20 heavy (non-hydrogen) atoms. The summed E-state index contributed by atoms with van der Waals surface area (Å²) < 4.78 is 37.1. The Morgan fingerprint density at radius 3 is 2.25 bits per heavy atom. The van der Waals surface area contributed by atoms with Crippen LogP contribution in [0.1, 0.15) is 24.8 Å². The second-order valence-electron chi connectivity index (χ2n) is 4.95. The third kappa shape index (κ3) is 3.22. The normalized spacial score (nSPS) is 17.2. The van der Waals surface area contributed by atoms with E-state index in [9.17, 15) is 23.1 Å². The molecule has 2 rings (SSSR count). The van der Waals surface area contributed by atoms with Crippen LogP contribution in [-0.2, 0) is 6.18 Å². The van der Waals surface area contributed by atoms with Crippen LogP contribution in [0.5, 0.6) is 0 Å². The van der Waals surface area contributed by atoms with Crippen LogP contribution < -0.4 is 10.6 Å². The number of hydrogen-bond acceptors (Lipinski definition) is 2. The van der Waals surface area contributed by atoms with E-state index in [4.69, 9.17) is 0 Å². The van der Waals surface area contributed by atoms with E-state index in [-0.39, 0.29) is 12.3 Å². The number of halogens is 3. The van der Waals surface area contributed by atoms with Gasteiger partial charge in [0.05, 0.1) is 17.7 Å². The molecule has 0 radical (unpaired) electrons. The lowest BCUT2D eigenvalue weighted by molar-refractivity contribution is -0.137. The zero-order valence-corrected chi connectivity index (χ0v) is 10.6. The lowest BCUT2D eigenvalue weighted by atomic mass is 9.77. The minimum absolute atomic E-state index is 0.145. The first kappa shape index (κ1) is 14.6. The fourth-order valence-corrected chi connectivity index (χ4v) is 2.07. The summed E-state index contributed by atoms with van der Waals surface area (Å²) in [5.74, 6) is 0. The Hall–Kier alpha value is -1.76. The van der Waals surface area contributed by atoms with Gasteiger partial charge in [0.1, 0.15) is 0 Å². The van der Waals surface area contributed by atoms with Gasteiger partial charge in [-0.15, -0.1) is 0 Å². The first-order chi connectivity index (χ1) is 9.35. The van der Waals surface area contributed by atoms with Crippen molar-refractivity contribution in [3.63, 3.8) is 0 Å². The van der Waals surface area contributed by atoms with E-state index in [0.717, 1.165) is 18.6 Å². The van der Waals surface area contributed by atoms with Gasteiger partial charge in [0.25, 0.3) is 0 Å². The molecule has 0 atom stereocenters. The van der Waals surface area contributed by atoms with E-state index >= 15 is 0 Å². The van der Waals surface area contributed by atoms with Gasteiger partial charge >= 0.3 is 12.2 Å². The van der Waals surface area contributed by atoms with Crippen molar-refractivity contribution in [2.24, 2.45) is 0 Å². The van der Waals surface area contributed by atoms with Crippen LogP contribution in [0.3, 0.4) is 0 Å². The predicted octanol–water partition coefficient (Wildman–Crippen LogP) is 2.74. The molecular formula is C13H15F3N2O2. The fourth-order valence-electron chi connectivity index (χ4n) is 2.07. The molecule has 1 aliphatic rings. The fraction of sp³-hybridized carbons (Fsp3) is 0.462. The van der Waals surface area contributed by atoms with Crippen LogP contribution in [-0.4, -0.2) is 23.3 Å². The maximum Gasteiger partial charge on any atom is 0.416 e. The van der Waals surface area contributed by atoms with Gasteiger partial charge in [-0.05, 0) is 43.5 Å². The molecule has 1 saturated carbocycles. The highest BCUT2D eigenvalue weighted by molar-refractivity contribution is 5.89. The molecule has 0 spiro atoms. The molecule has 0 aromatic heterocycles. The predicted molar refractivity (Wildman–Crippen MR) is 67.3 cm³/mol. The number of urea groups is 1. The van der Waals surface area contributed by atoms with Crippen LogP contribution in [0.15, 0.2) is 24.3 Å². The van der Waals surface area contributed by atoms with Gasteiger partial charge in [0.15, 0.2) is 0 Å². The van der Waals surface area contributed by atoms with Crippen molar-refractivity contribution in [2.45, 2.75) is 31.0 Å². The first-order valence-electron chi connectivity index (χ1n) is 6.22. The number of anilines is 1. The van der Waals surface area contributed by atoms with Gasteiger partial charge in [0, 0.05) is 5.69 Å². The van der Waals surface area contributed by atoms with Crippen molar-refractivity contribution in [3.05, 3.63) is 29.8 Å². The summed E-state index contributed by atoms with van der Waals surface area (Å²) in [5, 5.41) is 14.3. The van der Waals surface area contributed by atoms with Crippen LogP contribution in [0.4, 0.5) is 23.7 Å². The van der Waals surface area contributed by atoms with E-state index in [1.54, 1.807) is 0 Å². The molecule has 0 heterocycles. The summed E-state index contributed by atoms with van der Waals surface area (Å²) in [6.07, 6.45) is -2.07. The van der Waals surface area contributed by atoms with Gasteiger partial charge in [-0.3, -0.25) is 0 Å². The summed E-state index contributed by atoms with van der Waals surface area (Å²) in [4.78, 5) is 11.7. The first-order valence-corrected chi connectivity index (χ1v) is 6.22. The number of alkyl halides is 3. The Bertz CT molecular complexity index is 476. The number of nitrogens with one attached hydrogen (secondary N) is 2. The van der Waals surface area contributed by atoms with E-state index < -0.39 is 23.3 Å². The third-order valence-corrected chi connectivity index (χ3v) is 3.46. The number of rotatable bonds is 3. The molecule has 0 aliphatic heterocycles. The lowest BCUT2D eigenvalue weighted by Gasteiger charge is -2.40. The quantitative estimate of drug-likeness (QED) is 0.801. The molecule has 1 aromatic rings. The molecule has 1 fully saturated rings. The number of hydrogen-bond donors (Lipinski definition) is 3. The Balaban J connectivity index is 1.95. The zero-order chi connectivity index (χ0) is 14.8. The van der Waals surface area contributed by atoms with E-state index in [0.29, 0.717) is 12.8 Å². The van der Waals surface area contributed by atoms with Crippen LogP contribution in [0.2, 0.25) is 0 Å². The molecule has 1 aromatic carbocycles. The van der Waals surface area contributed by atoms with Crippen molar-refractivity contribution in [3.8, 4) is 0 Å². The number of aliphatic hydroxyl groups is 1. The van der Waals surface area contributed by atoms with Gasteiger partial charge in [-0.2, -0.15) is 13.2 Å². The summed E-state index contributed by atoms with van der Waals surface area (Å²) in [5.41, 5.74) is -1.09. The smallest absolute Gasteiger partial charge is 0.394 e. The Kier molecular flexibility index (Phi) is 3.89. The molecule has 4 nitrogen and oxygen atoms in total. The van der Waals surface area contributed by atoms with E-state index in [1.807, 2.05) is 0 Å². The summed E-state index contributed by atoms with van der Waals surface area (Å²) >= 11 is 0. The summed E-state index contributed by atoms with van der Waals surface area (Å²) in [7, 11) is 0. The Morgan fingerprint density at radius 1 is 1.25 bits per heavy atom. The standard InChI is InChI=1S/C13H15F3N2O2/c14-13(15,16)9-2-4-10(5-3-9)17-11(20)18-12(8-19)6-1-7-12/h2-5,19H,1,6-8H2,(H2,17,18,20). The second kappa shape index (κ2) is 5.32. The number of carbonyl (C=O) groups is 1. The maximum absolute atomic E-state index is 12.4. The minimum atomic E-state index is -4.40. The second-order valence-corrected chi connectivity index (χ2v) is 4.95. The number of carbonyl (C=O) groups excluding carboxylic acids is 1. The van der Waals surface area contributed by atoms with Crippen LogP contribution in [0, 0.1) is 0 Å². The van der Waals surface area contributed by atoms with Crippen LogP contribution in [0.25, 0.3) is 0 Å². The van der Waals surface area contributed by atoms with E-state index in [1.165, 1.54) is 12.1 Å². The van der Waals surface area contributed by atoms with Crippen molar-refractivity contribution in [1.82, 2.24) is 5.32 Å². The molecule has 7 heteroatoms. The average molecular weight is 288 g/mol. The zero-order valence-electron chi connectivity index (χ0n) is 10.6. The topological polar surface area (TPSA) is 61.4 Å². The minimum Gasteiger partial charge on any atom is -0.394 e. The number of benzene rings is 1. The van der Waals surface area contributed by atoms with Crippen LogP contribution >= 0.6 is 0 Å². The number of aliphatic hydroxyl groups excluding tert-OH is 1. The average Bonchev–Trinajstić information content (AvgIpc) is 2.33. The van der Waals surface area contributed by atoms with Crippen molar-refractivity contribution >= 4 is 11.7 Å². The lowest BCUT2D eigenvalue weighted by Crippen LogP contribution is -2.57. The molecule has 110 valence electrons. The van der Waals surface area contributed by atoms with Gasteiger partial charge in [-0.25, -0.2) is 4.79 Å². The highest BCUT2D eigenvalue weighted by atomic mass is 19.4. The van der Waals surface area contributed by atoms with Crippen molar-refractivity contribution in [2.75, 3.05) is 11.9 Å². The van der Waals surface area contributed by atoms with E-state index in [2.05, 4.69) is 10.6 Å². The molecule has 2 amide bonds. The molecular weight excluding hydrogens is 273 g/mol. The number of amides is 2. The monoisotopic (exact) mass is 288 g/mol. The largest absolute Gasteiger partial charge is 0.416 e. The maximum atomic E-state index is 12.4. The molecule has 0 unspecified atom stereocenters. The highest BCUT2D eigenvalue weighted by Crippen LogP contribution is 2.32. The SMILES string of the molecule is O=C(Nc1ccc(C(F)(F)F)cc1)NC1(CO)CCC1. The van der Waals surface area contributed by atoms with Gasteiger partial charge in [0.2, 0.25) is 0 Å². The molecule has 0 saturated heterocycles. The van der Waals surface area contributed by atoms with Crippen molar-refractivity contribution in [1.29, 1.82) is 0 Å². The van der Waals surface area contributed by atoms with Crippen molar-refractivity contribution < 1.29 is 23.1 Å². The van der Waals surface area contributed by atoms with Gasteiger partial charge in [-0.1, -0.05) is 0 Å². The Morgan fingerprint density at radius 2 is 1.85 bits per heavy atom. The van der Waals surface area contributed by atoms with Gasteiger partial charge < -0.3 is 15.7 Å². The highest BCUT2D eigenvalue weighted by Gasteiger charge is 2.37. The third-order valence-electron chi connectivity index (χ3n) is 3.46. The summed E-state index contributed by atoms with van der Waals surface area (Å²) in [6.45, 7) is -0.145.